The van der Waals surface area contributed by atoms with Crippen molar-refractivity contribution in [2.24, 2.45) is 11.1 Å². The van der Waals surface area contributed by atoms with Gasteiger partial charge >= 0.3 is 0 Å². The molecule has 4 N–H and O–H groups in total. The van der Waals surface area contributed by atoms with E-state index in [0.29, 0.717) is 24.2 Å². The molecular formula is C35H53N5O3. The molecule has 1 saturated carbocycles. The average Bonchev–Trinajstić information content (AvgIpc) is 3.64. The second kappa shape index (κ2) is 21.1. The van der Waals surface area contributed by atoms with Gasteiger partial charge in [0.1, 0.15) is 11.6 Å². The van der Waals surface area contributed by atoms with Crippen LogP contribution >= 0.6 is 0 Å². The number of nitrogens with two attached hydrogens (primary N) is 1. The maximum atomic E-state index is 12.3. The molecule has 2 aliphatic rings. The number of amides is 1. The van der Waals surface area contributed by atoms with Crippen molar-refractivity contribution in [1.29, 1.82) is 0 Å². The lowest BCUT2D eigenvalue weighted by Crippen LogP contribution is -2.34. The van der Waals surface area contributed by atoms with Gasteiger partial charge in [-0.15, -0.1) is 12.8 Å². The molecule has 0 bridgehead atoms. The first kappa shape index (κ1) is 37.3. The van der Waals surface area contributed by atoms with Gasteiger partial charge < -0.3 is 20.6 Å². The third-order valence-electron chi connectivity index (χ3n) is 8.01. The monoisotopic (exact) mass is 591 g/mol. The largest absolute Gasteiger partial charge is 0.372 e. The first-order valence-corrected chi connectivity index (χ1v) is 15.8. The predicted octanol–water partition coefficient (Wildman–Crippen LogP) is 6.65. The van der Waals surface area contributed by atoms with Gasteiger partial charge in [-0.25, -0.2) is 4.98 Å². The van der Waals surface area contributed by atoms with Crippen molar-refractivity contribution in [3.05, 3.63) is 52.7 Å². The van der Waals surface area contributed by atoms with Crippen LogP contribution in [0.1, 0.15) is 97.7 Å². The number of terminal acetylenes is 1. The molecule has 1 aromatic carbocycles. The van der Waals surface area contributed by atoms with Crippen molar-refractivity contribution in [3.8, 4) is 24.1 Å². The summed E-state index contributed by atoms with van der Waals surface area (Å²) < 4.78 is 0. The Kier molecular flexibility index (Phi) is 18.3. The van der Waals surface area contributed by atoms with Gasteiger partial charge in [0.05, 0.1) is 17.5 Å². The highest BCUT2D eigenvalue weighted by Gasteiger charge is 2.43. The number of nitrogens with zero attached hydrogens (tertiary/aromatic N) is 2. The molecule has 43 heavy (non-hydrogen) atoms. The molecule has 1 saturated heterocycles. The highest BCUT2D eigenvalue weighted by molar-refractivity contribution is 5.82. The van der Waals surface area contributed by atoms with E-state index >= 15 is 0 Å². The predicted molar refractivity (Wildman–Crippen MR) is 179 cm³/mol. The second-order valence-corrected chi connectivity index (χ2v) is 10.7. The minimum atomic E-state index is -0.112. The average molecular weight is 592 g/mol. The van der Waals surface area contributed by atoms with E-state index in [1.54, 1.807) is 6.20 Å². The molecule has 8 heteroatoms. The van der Waals surface area contributed by atoms with Crippen molar-refractivity contribution < 1.29 is 9.59 Å². The normalized spacial score (nSPS) is 14.4. The minimum Gasteiger partial charge on any atom is -0.372 e. The number of aryl methyl sites for hydroxylation is 1. The van der Waals surface area contributed by atoms with Gasteiger partial charge in [-0.05, 0) is 81.1 Å². The molecule has 1 amide bonds. The molecule has 0 atom stereocenters. The van der Waals surface area contributed by atoms with Crippen LogP contribution < -0.4 is 11.3 Å². The molecule has 2 fully saturated rings. The van der Waals surface area contributed by atoms with E-state index in [0.717, 1.165) is 59.9 Å². The standard InChI is InChI=1S/C21H25N3O2.C9H17N.C2H6.C2H2.CH3NO/c1-2-16(25)10-5-3-4-6-12-20-22-14-19(23-20)17-13-15-9-7-8-11-18(15)24-21(17)26;1-2-10-7-5-9(3-4-9)6-8-10;2*1-2;2-1-3/h7-9,11,13-14H,2-6,10,12H2,1H3,(H,22,23)(H,24,26);2-8H2,1H3;1-2H3;1-2H;1H,(H2,2,3). The molecule has 1 spiro atoms. The van der Waals surface area contributed by atoms with E-state index < -0.39 is 0 Å². The summed E-state index contributed by atoms with van der Waals surface area (Å²) in [7, 11) is 0. The molecule has 2 aromatic heterocycles. The number of carbonyl (C=O) groups excluding carboxylic acids is 2. The fraction of sp³-hybridized carbons (Fsp3) is 0.543. The molecule has 8 nitrogen and oxygen atoms in total. The number of rotatable bonds is 10. The molecule has 1 aliphatic heterocycles. The number of aromatic amines is 2. The minimum absolute atomic E-state index is 0.112. The number of primary amides is 1. The van der Waals surface area contributed by atoms with Crippen molar-refractivity contribution >= 4 is 23.1 Å². The van der Waals surface area contributed by atoms with Crippen LogP contribution in [0, 0.1) is 18.3 Å². The lowest BCUT2D eigenvalue weighted by atomic mass is 9.94. The smallest absolute Gasteiger partial charge is 0.257 e. The lowest BCUT2D eigenvalue weighted by molar-refractivity contribution is -0.118. The summed E-state index contributed by atoms with van der Waals surface area (Å²) >= 11 is 0. The number of hydrogen-bond acceptors (Lipinski definition) is 5. The van der Waals surface area contributed by atoms with Crippen molar-refractivity contribution in [2.45, 2.75) is 98.3 Å². The zero-order valence-corrected chi connectivity index (χ0v) is 26.8. The number of aromatic nitrogens is 3. The zero-order chi connectivity index (χ0) is 32.1. The first-order chi connectivity index (χ1) is 20.9. The van der Waals surface area contributed by atoms with Crippen LogP contribution in [-0.4, -0.2) is 51.7 Å². The number of benzene rings is 1. The van der Waals surface area contributed by atoms with Crippen molar-refractivity contribution in [2.75, 3.05) is 19.6 Å². The Morgan fingerprint density at radius 2 is 1.65 bits per heavy atom. The summed E-state index contributed by atoms with van der Waals surface area (Å²) in [6, 6.07) is 9.64. The summed E-state index contributed by atoms with van der Waals surface area (Å²) in [5, 5.41) is 1.000. The Bertz CT molecular complexity index is 1280. The number of unbranched alkanes of at least 4 members (excludes halogenated alkanes) is 3. The molecule has 3 aromatic rings. The zero-order valence-electron chi connectivity index (χ0n) is 26.8. The van der Waals surface area contributed by atoms with Gasteiger partial charge in [-0.3, -0.25) is 14.4 Å². The number of carbonyl (C=O) groups is 2. The number of hydrogen-bond donors (Lipinski definition) is 3. The Hall–Kier alpha value is -3.70. The first-order valence-electron chi connectivity index (χ1n) is 15.8. The van der Waals surface area contributed by atoms with Gasteiger partial charge in [0, 0.05) is 24.8 Å². The summed E-state index contributed by atoms with van der Waals surface area (Å²) in [5.74, 6) is 1.25. The molecule has 0 radical (unpaired) electrons. The summed E-state index contributed by atoms with van der Waals surface area (Å²) in [4.78, 5) is 45.3. The molecule has 5 rings (SSSR count). The number of para-hydroxylation sites is 1. The molecular weight excluding hydrogens is 538 g/mol. The maximum absolute atomic E-state index is 12.3. The molecule has 3 heterocycles. The number of ketones is 1. The lowest BCUT2D eigenvalue weighted by Gasteiger charge is -2.30. The third-order valence-corrected chi connectivity index (χ3v) is 8.01. The number of piperidine rings is 1. The second-order valence-electron chi connectivity index (χ2n) is 10.7. The van der Waals surface area contributed by atoms with Gasteiger partial charge in [-0.2, -0.15) is 0 Å². The highest BCUT2D eigenvalue weighted by atomic mass is 16.1. The topological polar surface area (TPSA) is 125 Å². The summed E-state index contributed by atoms with van der Waals surface area (Å²) in [6.45, 7) is 12.2. The van der Waals surface area contributed by atoms with Crippen LogP contribution in [0.15, 0.2) is 41.3 Å². The quantitative estimate of drug-likeness (QED) is 0.138. The number of imidazole rings is 1. The highest BCUT2D eigenvalue weighted by Crippen LogP contribution is 2.53. The van der Waals surface area contributed by atoms with Crippen LogP contribution in [0.5, 0.6) is 0 Å². The Morgan fingerprint density at radius 3 is 2.26 bits per heavy atom. The Balaban J connectivity index is 0.000000447. The Labute approximate surface area is 258 Å². The maximum Gasteiger partial charge on any atom is 0.257 e. The van der Waals surface area contributed by atoms with Gasteiger partial charge in [0.15, 0.2) is 0 Å². The van der Waals surface area contributed by atoms with E-state index in [9.17, 15) is 9.59 Å². The van der Waals surface area contributed by atoms with Gasteiger partial charge in [0.2, 0.25) is 6.41 Å². The fourth-order valence-corrected chi connectivity index (χ4v) is 5.14. The summed E-state index contributed by atoms with van der Waals surface area (Å²) in [6.07, 6.45) is 22.4. The van der Waals surface area contributed by atoms with E-state index in [1.807, 2.05) is 51.1 Å². The number of fused-ring (bicyclic) bond motifs is 1. The third kappa shape index (κ3) is 13.0. The SMILES string of the molecule is C#C.CC.CCC(=O)CCCCCCc1ncc(-c2cc3ccccc3[nH]c2=O)[nH]1.CCN1CCC2(CC1)CC2.NC=O. The van der Waals surface area contributed by atoms with E-state index in [-0.39, 0.29) is 12.0 Å². The van der Waals surface area contributed by atoms with Gasteiger partial charge in [0.25, 0.3) is 5.56 Å². The van der Waals surface area contributed by atoms with Gasteiger partial charge in [-0.1, -0.05) is 58.7 Å². The van der Waals surface area contributed by atoms with Crippen LogP contribution in [0.4, 0.5) is 0 Å². The van der Waals surface area contributed by atoms with Crippen LogP contribution in [0.3, 0.4) is 0 Å². The van der Waals surface area contributed by atoms with Crippen LogP contribution in [0.25, 0.3) is 22.2 Å². The molecule has 0 unspecified atom stereocenters. The van der Waals surface area contributed by atoms with Crippen LogP contribution in [-0.2, 0) is 16.0 Å². The van der Waals surface area contributed by atoms with E-state index in [4.69, 9.17) is 4.79 Å². The van der Waals surface area contributed by atoms with Crippen molar-refractivity contribution in [1.82, 2.24) is 19.9 Å². The van der Waals surface area contributed by atoms with Crippen LogP contribution in [0.2, 0.25) is 0 Å². The number of nitrogens with one attached hydrogen (secondary N) is 2. The molecule has 1 aliphatic carbocycles. The number of likely N-dealkylation sites (tertiary alicyclic amines) is 1. The number of Topliss-reactive ketones (excluding diaryl/α,β-unsaturated/α-hetero) is 1. The number of pyridine rings is 1. The fourth-order valence-electron chi connectivity index (χ4n) is 5.14. The Morgan fingerprint density at radius 1 is 1.02 bits per heavy atom. The van der Waals surface area contributed by atoms with Crippen molar-refractivity contribution in [3.63, 3.8) is 0 Å². The molecule has 236 valence electrons. The van der Waals surface area contributed by atoms with E-state index in [2.05, 4.69) is 45.4 Å². The number of H-pyrrole nitrogens is 2. The van der Waals surface area contributed by atoms with E-state index in [1.165, 1.54) is 45.3 Å². The summed E-state index contributed by atoms with van der Waals surface area (Å²) in [5.41, 5.74) is 7.12.